The van der Waals surface area contributed by atoms with Gasteiger partial charge < -0.3 is 15.0 Å². The van der Waals surface area contributed by atoms with Gasteiger partial charge in [0.25, 0.3) is 10.0 Å². The van der Waals surface area contributed by atoms with Crippen LogP contribution in [0.15, 0.2) is 71.6 Å². The lowest BCUT2D eigenvalue weighted by Gasteiger charge is -2.33. The van der Waals surface area contributed by atoms with Gasteiger partial charge in [-0.2, -0.15) is 0 Å². The number of halogens is 2. The lowest BCUT2D eigenvalue weighted by molar-refractivity contribution is -0.140. The van der Waals surface area contributed by atoms with E-state index in [9.17, 15) is 18.0 Å². The fourth-order valence-electron chi connectivity index (χ4n) is 4.45. The Morgan fingerprint density at radius 3 is 2.31 bits per heavy atom. The van der Waals surface area contributed by atoms with E-state index in [1.807, 2.05) is 13.8 Å². The Balaban J connectivity index is 2.09. The number of anilines is 1. The molecule has 0 heterocycles. The van der Waals surface area contributed by atoms with Crippen LogP contribution in [0.4, 0.5) is 5.69 Å². The Bertz CT molecular complexity index is 1480. The van der Waals surface area contributed by atoms with Gasteiger partial charge >= 0.3 is 0 Å². The third kappa shape index (κ3) is 8.18. The van der Waals surface area contributed by atoms with Crippen LogP contribution in [0.3, 0.4) is 0 Å². The van der Waals surface area contributed by atoms with Crippen molar-refractivity contribution < 1.29 is 22.7 Å². The van der Waals surface area contributed by atoms with E-state index in [-0.39, 0.29) is 28.8 Å². The van der Waals surface area contributed by atoms with Crippen molar-refractivity contribution in [1.82, 2.24) is 10.2 Å². The van der Waals surface area contributed by atoms with Crippen molar-refractivity contribution in [2.75, 3.05) is 24.5 Å². The van der Waals surface area contributed by atoms with Crippen LogP contribution in [0.5, 0.6) is 5.75 Å². The third-order valence-corrected chi connectivity index (χ3v) is 9.17. The largest absolute Gasteiger partial charge is 0.495 e. The minimum absolute atomic E-state index is 0.0171. The summed E-state index contributed by atoms with van der Waals surface area (Å²) in [4.78, 5) is 28.9. The molecule has 42 heavy (non-hydrogen) atoms. The Labute approximate surface area is 258 Å². The normalized spacial score (nSPS) is 12.0. The summed E-state index contributed by atoms with van der Waals surface area (Å²) >= 11 is 12.6. The highest BCUT2D eigenvalue weighted by Crippen LogP contribution is 2.33. The van der Waals surface area contributed by atoms with E-state index in [4.69, 9.17) is 27.9 Å². The van der Waals surface area contributed by atoms with Gasteiger partial charge in [-0.15, -0.1) is 0 Å². The number of para-hydroxylation sites is 2. The lowest BCUT2D eigenvalue weighted by atomic mass is 10.1. The molecule has 0 aliphatic carbocycles. The highest BCUT2D eigenvalue weighted by Gasteiger charge is 2.35. The topological polar surface area (TPSA) is 96.0 Å². The minimum Gasteiger partial charge on any atom is -0.495 e. The van der Waals surface area contributed by atoms with Crippen LogP contribution in [0.25, 0.3) is 0 Å². The Hall–Kier alpha value is -3.27. The number of carbonyl (C=O) groups excluding carboxylic acids is 2. The average Bonchev–Trinajstić information content (AvgIpc) is 2.97. The number of benzene rings is 3. The van der Waals surface area contributed by atoms with E-state index < -0.39 is 28.5 Å². The van der Waals surface area contributed by atoms with Gasteiger partial charge in [-0.25, -0.2) is 8.42 Å². The molecule has 0 saturated carbocycles. The summed E-state index contributed by atoms with van der Waals surface area (Å²) < 4.78 is 34.6. The Morgan fingerprint density at radius 1 is 1.00 bits per heavy atom. The molecule has 3 rings (SSSR count). The van der Waals surface area contributed by atoms with E-state index in [1.54, 1.807) is 61.5 Å². The molecule has 3 aromatic carbocycles. The zero-order valence-electron chi connectivity index (χ0n) is 24.3. The van der Waals surface area contributed by atoms with E-state index >= 15 is 0 Å². The molecule has 0 aromatic heterocycles. The van der Waals surface area contributed by atoms with Crippen LogP contribution in [0, 0.1) is 6.92 Å². The number of ether oxygens (including phenoxy) is 1. The SMILES string of the molecule is CCCCNC(=O)C(CC)N(Cc1ccc(Cl)cc1Cl)C(=O)CN(c1ccccc1OC)S(=O)(=O)c1ccc(C)cc1. The molecule has 11 heteroatoms. The molecule has 0 bridgehead atoms. The number of nitrogens with one attached hydrogen (secondary N) is 1. The van der Waals surface area contributed by atoms with Gasteiger partial charge in [-0.1, -0.05) is 79.4 Å². The molecule has 0 spiro atoms. The number of hydrogen-bond donors (Lipinski definition) is 1. The van der Waals surface area contributed by atoms with Crippen LogP contribution in [0.2, 0.25) is 10.0 Å². The maximum atomic E-state index is 14.2. The van der Waals surface area contributed by atoms with Crippen LogP contribution in [-0.2, 0) is 26.2 Å². The molecule has 0 radical (unpaired) electrons. The van der Waals surface area contributed by atoms with Crippen molar-refractivity contribution >= 4 is 50.7 Å². The number of hydrogen-bond acceptors (Lipinski definition) is 5. The second-order valence-corrected chi connectivity index (χ2v) is 12.5. The first-order chi connectivity index (χ1) is 20.0. The average molecular weight is 635 g/mol. The van der Waals surface area contributed by atoms with Gasteiger partial charge in [-0.05, 0) is 61.7 Å². The van der Waals surface area contributed by atoms with Crippen molar-refractivity contribution in [3.8, 4) is 5.75 Å². The Morgan fingerprint density at radius 2 is 1.69 bits per heavy atom. The van der Waals surface area contributed by atoms with Gasteiger partial charge in [0.05, 0.1) is 17.7 Å². The standard InChI is InChI=1S/C31H37Cl2N3O5S/c1-5-7-18-34-31(38)27(6-2)35(20-23-14-15-24(32)19-26(23)33)30(37)21-36(28-10-8-9-11-29(28)41-4)42(39,40)25-16-12-22(3)13-17-25/h8-17,19,27H,5-7,18,20-21H2,1-4H3,(H,34,38). The van der Waals surface area contributed by atoms with Crippen molar-refractivity contribution in [2.45, 2.75) is 57.5 Å². The zero-order valence-corrected chi connectivity index (χ0v) is 26.6. The first-order valence-electron chi connectivity index (χ1n) is 13.8. The highest BCUT2D eigenvalue weighted by atomic mass is 35.5. The van der Waals surface area contributed by atoms with E-state index in [0.29, 0.717) is 28.6 Å². The lowest BCUT2D eigenvalue weighted by Crippen LogP contribution is -2.52. The molecule has 1 unspecified atom stereocenters. The first kappa shape index (κ1) is 33.2. The molecule has 226 valence electrons. The number of nitrogens with zero attached hydrogens (tertiary/aromatic N) is 2. The van der Waals surface area contributed by atoms with Crippen molar-refractivity contribution in [1.29, 1.82) is 0 Å². The van der Waals surface area contributed by atoms with Crippen LogP contribution in [0.1, 0.15) is 44.2 Å². The second kappa shape index (κ2) is 15.3. The number of carbonyl (C=O) groups is 2. The van der Waals surface area contributed by atoms with Crippen LogP contribution in [-0.4, -0.2) is 51.4 Å². The van der Waals surface area contributed by atoms with Gasteiger partial charge in [0, 0.05) is 23.1 Å². The fourth-order valence-corrected chi connectivity index (χ4v) is 6.34. The third-order valence-electron chi connectivity index (χ3n) is 6.81. The quantitative estimate of drug-likeness (QED) is 0.212. The second-order valence-electron chi connectivity index (χ2n) is 9.82. The van der Waals surface area contributed by atoms with Crippen molar-refractivity contribution in [3.63, 3.8) is 0 Å². The molecule has 0 fully saturated rings. The monoisotopic (exact) mass is 633 g/mol. The van der Waals surface area contributed by atoms with Crippen molar-refractivity contribution in [3.05, 3.63) is 87.9 Å². The fraction of sp³-hybridized carbons (Fsp3) is 0.355. The van der Waals surface area contributed by atoms with E-state index in [2.05, 4.69) is 5.32 Å². The molecule has 2 amide bonds. The van der Waals surface area contributed by atoms with Gasteiger partial charge in [-0.3, -0.25) is 13.9 Å². The van der Waals surface area contributed by atoms with E-state index in [0.717, 1.165) is 22.7 Å². The molecular formula is C31H37Cl2N3O5S. The summed E-state index contributed by atoms with van der Waals surface area (Å²) in [7, 11) is -2.80. The number of rotatable bonds is 14. The number of aryl methyl sites for hydroxylation is 1. The van der Waals surface area contributed by atoms with Gasteiger partial charge in [0.15, 0.2) is 0 Å². The number of methoxy groups -OCH3 is 1. The molecule has 3 aromatic rings. The molecule has 0 saturated heterocycles. The summed E-state index contributed by atoms with van der Waals surface area (Å²) in [6.07, 6.45) is 1.98. The summed E-state index contributed by atoms with van der Waals surface area (Å²) in [6.45, 7) is 5.52. The maximum absolute atomic E-state index is 14.2. The van der Waals surface area contributed by atoms with Crippen molar-refractivity contribution in [2.24, 2.45) is 0 Å². The molecular weight excluding hydrogens is 597 g/mol. The minimum atomic E-state index is -4.23. The molecule has 0 aliphatic heterocycles. The molecule has 1 atom stereocenters. The van der Waals surface area contributed by atoms with Gasteiger partial charge in [0.2, 0.25) is 11.8 Å². The smallest absolute Gasteiger partial charge is 0.264 e. The summed E-state index contributed by atoms with van der Waals surface area (Å²) in [5, 5.41) is 3.66. The van der Waals surface area contributed by atoms with Crippen LogP contribution < -0.4 is 14.4 Å². The Kier molecular flexibility index (Phi) is 12.1. The summed E-state index contributed by atoms with van der Waals surface area (Å²) in [5.41, 5.74) is 1.65. The molecule has 8 nitrogen and oxygen atoms in total. The summed E-state index contributed by atoms with van der Waals surface area (Å²) in [5.74, 6) is -0.632. The zero-order chi connectivity index (χ0) is 30.9. The number of sulfonamides is 1. The molecule has 0 aliphatic rings. The molecule has 1 N–H and O–H groups in total. The van der Waals surface area contributed by atoms with E-state index in [1.165, 1.54) is 24.1 Å². The predicted molar refractivity (Wildman–Crippen MR) is 168 cm³/mol. The maximum Gasteiger partial charge on any atom is 0.264 e. The van der Waals surface area contributed by atoms with Crippen LogP contribution >= 0.6 is 23.2 Å². The number of amides is 2. The highest BCUT2D eigenvalue weighted by molar-refractivity contribution is 7.92. The van der Waals surface area contributed by atoms with Gasteiger partial charge in [0.1, 0.15) is 18.3 Å². The summed E-state index contributed by atoms with van der Waals surface area (Å²) in [6, 6.07) is 17.0. The number of unbranched alkanes of at least 4 members (excludes halogenated alkanes) is 1. The first-order valence-corrected chi connectivity index (χ1v) is 16.0. The predicted octanol–water partition coefficient (Wildman–Crippen LogP) is 6.23.